The van der Waals surface area contributed by atoms with Crippen molar-refractivity contribution >= 4 is 11.8 Å². The number of carbonyl (C=O) groups excluding carboxylic acids is 2. The number of hydrogen-bond donors (Lipinski definition) is 2. The Bertz CT molecular complexity index is 1770. The first-order valence-electron chi connectivity index (χ1n) is 16.2. The van der Waals surface area contributed by atoms with Gasteiger partial charge in [0, 0.05) is 31.1 Å². The highest BCUT2D eigenvalue weighted by Crippen LogP contribution is 2.51. The lowest BCUT2D eigenvalue weighted by molar-refractivity contribution is -0.141. The van der Waals surface area contributed by atoms with Crippen molar-refractivity contribution in [1.29, 1.82) is 0 Å². The van der Waals surface area contributed by atoms with Crippen molar-refractivity contribution < 1.29 is 35.9 Å². The predicted molar refractivity (Wildman–Crippen MR) is 175 cm³/mol. The van der Waals surface area contributed by atoms with E-state index in [1.807, 2.05) is 48.5 Å². The molecule has 0 saturated carbocycles. The number of likely N-dealkylation sites (tertiary alicyclic amines) is 1. The minimum absolute atomic E-state index is 0.218. The molecule has 256 valence electrons. The third kappa shape index (κ3) is 7.22. The van der Waals surface area contributed by atoms with Gasteiger partial charge in [-0.15, -0.1) is 0 Å². The fourth-order valence-electron chi connectivity index (χ4n) is 7.10. The molecular weight excluding hydrogens is 644 g/mol. The zero-order valence-electron chi connectivity index (χ0n) is 26.5. The molecule has 1 aliphatic heterocycles. The number of benzene rings is 4. The van der Waals surface area contributed by atoms with Crippen LogP contribution < -0.4 is 10.6 Å². The number of hydrogen-bond acceptors (Lipinski definition) is 3. The van der Waals surface area contributed by atoms with Gasteiger partial charge in [0.05, 0.1) is 5.56 Å². The van der Waals surface area contributed by atoms with Crippen molar-refractivity contribution in [1.82, 2.24) is 15.5 Å². The SMILES string of the molecule is O=C(NCC1CN(CCCCC2(C(=O)NCC(F)(F)F)c3ccccc3-c3ccccc32)C1)c1ccccc1-c1ccc(C(F)(F)F)cc1. The smallest absolute Gasteiger partial charge is 0.352 e. The number of fused-ring (bicyclic) bond motifs is 3. The van der Waals surface area contributed by atoms with Crippen LogP contribution in [0.4, 0.5) is 26.3 Å². The summed E-state index contributed by atoms with van der Waals surface area (Å²) in [6.45, 7) is 1.29. The average Bonchev–Trinajstić information content (AvgIpc) is 3.35. The quantitative estimate of drug-likeness (QED) is 0.125. The molecule has 1 saturated heterocycles. The van der Waals surface area contributed by atoms with E-state index in [-0.39, 0.29) is 11.8 Å². The maximum Gasteiger partial charge on any atom is 0.416 e. The van der Waals surface area contributed by atoms with Crippen LogP contribution >= 0.6 is 0 Å². The van der Waals surface area contributed by atoms with Crippen molar-refractivity contribution in [3.05, 3.63) is 119 Å². The normalized spacial score (nSPS) is 15.6. The van der Waals surface area contributed by atoms with Crippen LogP contribution in [-0.4, -0.2) is 55.6 Å². The first-order chi connectivity index (χ1) is 23.4. The molecule has 0 bridgehead atoms. The van der Waals surface area contributed by atoms with Gasteiger partial charge in [0.15, 0.2) is 0 Å². The first kappa shape index (κ1) is 34.2. The number of amides is 2. The summed E-state index contributed by atoms with van der Waals surface area (Å²) in [4.78, 5) is 29.0. The Labute approximate surface area is 280 Å². The van der Waals surface area contributed by atoms with Crippen LogP contribution in [0.3, 0.4) is 0 Å². The van der Waals surface area contributed by atoms with Crippen LogP contribution in [0.25, 0.3) is 22.3 Å². The predicted octanol–water partition coefficient (Wildman–Crippen LogP) is 7.85. The number of carbonyl (C=O) groups is 2. The largest absolute Gasteiger partial charge is 0.416 e. The lowest BCUT2D eigenvalue weighted by Gasteiger charge is -2.39. The maximum atomic E-state index is 13.7. The average molecular weight is 680 g/mol. The number of unbranched alkanes of at least 4 members (excludes halogenated alkanes) is 1. The highest BCUT2D eigenvalue weighted by atomic mass is 19.4. The molecule has 6 rings (SSSR count). The topological polar surface area (TPSA) is 61.4 Å². The van der Waals surface area contributed by atoms with E-state index >= 15 is 0 Å². The fourth-order valence-corrected chi connectivity index (χ4v) is 7.10. The van der Waals surface area contributed by atoms with Crippen LogP contribution in [0.1, 0.15) is 46.3 Å². The standard InChI is InChI=1S/C38H35F6N3O2/c39-37(40,41)24-46-35(49)36(32-13-5-3-10-29(32)30-11-4-6-14-33(30)36)19-7-8-20-47-22-25(23-47)21-45-34(48)31-12-2-1-9-28(31)26-15-17-27(18-16-26)38(42,43)44/h1-6,9-18,25H,7-8,19-24H2,(H,45,48)(H,46,49). The van der Waals surface area contributed by atoms with Gasteiger partial charge >= 0.3 is 12.4 Å². The molecule has 5 nitrogen and oxygen atoms in total. The van der Waals surface area contributed by atoms with Crippen molar-refractivity contribution in [2.45, 2.75) is 37.0 Å². The van der Waals surface area contributed by atoms with Gasteiger partial charge < -0.3 is 15.5 Å². The van der Waals surface area contributed by atoms with Gasteiger partial charge in [-0.2, -0.15) is 26.3 Å². The van der Waals surface area contributed by atoms with Gasteiger partial charge in [0.1, 0.15) is 12.0 Å². The van der Waals surface area contributed by atoms with Crippen molar-refractivity contribution in [3.8, 4) is 22.3 Å². The van der Waals surface area contributed by atoms with E-state index in [2.05, 4.69) is 15.5 Å². The van der Waals surface area contributed by atoms with Crippen LogP contribution in [0.2, 0.25) is 0 Å². The summed E-state index contributed by atoms with van der Waals surface area (Å²) in [6, 6.07) is 26.3. The molecule has 0 unspecified atom stereocenters. The third-order valence-corrected chi connectivity index (χ3v) is 9.46. The first-order valence-corrected chi connectivity index (χ1v) is 16.2. The molecule has 11 heteroatoms. The van der Waals surface area contributed by atoms with Crippen LogP contribution in [-0.2, 0) is 16.4 Å². The summed E-state index contributed by atoms with van der Waals surface area (Å²) in [5.74, 6) is -0.739. The molecule has 1 fully saturated rings. The van der Waals surface area contributed by atoms with E-state index in [1.165, 1.54) is 12.1 Å². The second kappa shape index (κ2) is 13.7. The second-order valence-electron chi connectivity index (χ2n) is 12.7. The van der Waals surface area contributed by atoms with Crippen LogP contribution in [0.5, 0.6) is 0 Å². The lowest BCUT2D eigenvalue weighted by atomic mass is 9.73. The Kier molecular flexibility index (Phi) is 9.57. The van der Waals surface area contributed by atoms with E-state index in [9.17, 15) is 35.9 Å². The highest BCUT2D eigenvalue weighted by Gasteiger charge is 2.49. The van der Waals surface area contributed by atoms with Gasteiger partial charge in [-0.05, 0) is 71.0 Å². The summed E-state index contributed by atoms with van der Waals surface area (Å²) in [5.41, 5.74) is 2.60. The van der Waals surface area contributed by atoms with E-state index < -0.39 is 35.8 Å². The summed E-state index contributed by atoms with van der Waals surface area (Å²) < 4.78 is 78.4. The van der Waals surface area contributed by atoms with Gasteiger partial charge in [0.2, 0.25) is 5.91 Å². The Morgan fingerprint density at radius 1 is 0.714 bits per heavy atom. The molecule has 0 atom stereocenters. The summed E-state index contributed by atoms with van der Waals surface area (Å²) in [6.07, 6.45) is -7.27. The van der Waals surface area contributed by atoms with E-state index in [0.29, 0.717) is 36.1 Å². The molecular formula is C38H35F6N3O2. The maximum absolute atomic E-state index is 13.7. The molecule has 0 spiro atoms. The molecule has 4 aromatic rings. The Hall–Kier alpha value is -4.64. The lowest BCUT2D eigenvalue weighted by Crippen LogP contribution is -2.51. The van der Waals surface area contributed by atoms with Crippen LogP contribution in [0.15, 0.2) is 97.1 Å². The number of nitrogens with one attached hydrogen (secondary N) is 2. The molecule has 0 radical (unpaired) electrons. The number of nitrogens with zero attached hydrogens (tertiary/aromatic N) is 1. The van der Waals surface area contributed by atoms with Gasteiger partial charge in [-0.25, -0.2) is 0 Å². The third-order valence-electron chi connectivity index (χ3n) is 9.46. The van der Waals surface area contributed by atoms with Gasteiger partial charge in [-0.1, -0.05) is 85.3 Å². The van der Waals surface area contributed by atoms with E-state index in [4.69, 9.17) is 0 Å². The molecule has 2 amide bonds. The van der Waals surface area contributed by atoms with E-state index in [1.54, 1.807) is 24.3 Å². The Morgan fingerprint density at radius 3 is 1.88 bits per heavy atom. The van der Waals surface area contributed by atoms with Crippen molar-refractivity contribution in [3.63, 3.8) is 0 Å². The molecule has 0 aromatic heterocycles. The Balaban J connectivity index is 1.03. The minimum atomic E-state index is -4.53. The Morgan fingerprint density at radius 2 is 1.29 bits per heavy atom. The minimum Gasteiger partial charge on any atom is -0.352 e. The van der Waals surface area contributed by atoms with Gasteiger partial charge in [0.25, 0.3) is 5.91 Å². The van der Waals surface area contributed by atoms with Crippen molar-refractivity contribution in [2.24, 2.45) is 5.92 Å². The molecule has 2 N–H and O–H groups in total. The van der Waals surface area contributed by atoms with Gasteiger partial charge in [-0.3, -0.25) is 9.59 Å². The molecule has 2 aliphatic rings. The number of rotatable bonds is 11. The van der Waals surface area contributed by atoms with Crippen molar-refractivity contribution in [2.75, 3.05) is 32.7 Å². The number of alkyl halides is 6. The number of halogens is 6. The highest BCUT2D eigenvalue weighted by molar-refractivity contribution is 6.01. The summed E-state index contributed by atoms with van der Waals surface area (Å²) >= 11 is 0. The fraction of sp³-hybridized carbons (Fsp3) is 0.316. The zero-order valence-corrected chi connectivity index (χ0v) is 26.5. The van der Waals surface area contributed by atoms with E-state index in [0.717, 1.165) is 60.4 Å². The summed E-state index contributed by atoms with van der Waals surface area (Å²) in [5, 5.41) is 5.13. The van der Waals surface area contributed by atoms with Crippen LogP contribution in [0, 0.1) is 5.92 Å². The molecule has 1 aliphatic carbocycles. The summed E-state index contributed by atoms with van der Waals surface area (Å²) in [7, 11) is 0. The molecule has 1 heterocycles. The zero-order chi connectivity index (χ0) is 34.8. The molecule has 4 aromatic carbocycles. The monoisotopic (exact) mass is 679 g/mol. The molecule has 49 heavy (non-hydrogen) atoms. The second-order valence-corrected chi connectivity index (χ2v) is 12.7.